The normalized spacial score (nSPS) is 20.3. The van der Waals surface area contributed by atoms with Gasteiger partial charge < -0.3 is 10.2 Å². The molecule has 1 aromatic carbocycles. The molecule has 1 saturated heterocycles. The highest BCUT2D eigenvalue weighted by Gasteiger charge is 2.22. The van der Waals surface area contributed by atoms with E-state index in [4.69, 9.17) is 16.9 Å². The Balaban J connectivity index is 2.31. The molecule has 1 unspecified atom stereocenters. The van der Waals surface area contributed by atoms with E-state index in [-0.39, 0.29) is 6.04 Å². The van der Waals surface area contributed by atoms with Crippen molar-refractivity contribution in [1.29, 1.82) is 5.26 Å². The molecule has 0 bridgehead atoms. The number of benzene rings is 1. The number of halogens is 1. The smallest absolute Gasteiger partial charge is 0.0643 e. The molecule has 2 rings (SSSR count). The van der Waals surface area contributed by atoms with Gasteiger partial charge >= 0.3 is 0 Å². The fourth-order valence-corrected chi connectivity index (χ4v) is 2.60. The minimum Gasteiger partial charge on any atom is -0.366 e. The van der Waals surface area contributed by atoms with Crippen LogP contribution in [0.25, 0.3) is 0 Å². The highest BCUT2D eigenvalue weighted by atomic mass is 35.5. The Morgan fingerprint density at radius 2 is 2.39 bits per heavy atom. The van der Waals surface area contributed by atoms with Gasteiger partial charge in [-0.05, 0) is 37.6 Å². The van der Waals surface area contributed by atoms with Crippen LogP contribution in [-0.2, 0) is 0 Å². The molecule has 1 fully saturated rings. The SMILES string of the molecule is Cc1ccc(Cl)cc1N1CCCNCC1CC#N. The van der Waals surface area contributed by atoms with E-state index in [1.165, 1.54) is 5.56 Å². The van der Waals surface area contributed by atoms with Gasteiger partial charge in [-0.25, -0.2) is 0 Å². The number of nitriles is 1. The van der Waals surface area contributed by atoms with Crippen LogP contribution in [0.15, 0.2) is 18.2 Å². The Bertz CT molecular complexity index is 453. The van der Waals surface area contributed by atoms with Gasteiger partial charge in [0.05, 0.1) is 18.5 Å². The summed E-state index contributed by atoms with van der Waals surface area (Å²) in [6.45, 7) is 4.94. The summed E-state index contributed by atoms with van der Waals surface area (Å²) in [5.41, 5.74) is 2.37. The maximum atomic E-state index is 8.97. The van der Waals surface area contributed by atoms with Gasteiger partial charge in [0.2, 0.25) is 0 Å². The molecule has 18 heavy (non-hydrogen) atoms. The van der Waals surface area contributed by atoms with Crippen molar-refractivity contribution in [3.8, 4) is 6.07 Å². The minimum absolute atomic E-state index is 0.231. The summed E-state index contributed by atoms with van der Waals surface area (Å²) in [4.78, 5) is 2.32. The summed E-state index contributed by atoms with van der Waals surface area (Å²) in [5, 5.41) is 13.1. The summed E-state index contributed by atoms with van der Waals surface area (Å²) in [7, 11) is 0. The maximum absolute atomic E-state index is 8.97. The molecule has 0 aliphatic carbocycles. The molecule has 0 radical (unpaired) electrons. The monoisotopic (exact) mass is 263 g/mol. The van der Waals surface area contributed by atoms with E-state index in [0.29, 0.717) is 6.42 Å². The van der Waals surface area contributed by atoms with Crippen molar-refractivity contribution in [2.75, 3.05) is 24.5 Å². The number of rotatable bonds is 2. The third kappa shape index (κ3) is 2.95. The summed E-state index contributed by atoms with van der Waals surface area (Å²) >= 11 is 6.09. The fraction of sp³-hybridized carbons (Fsp3) is 0.500. The molecule has 0 spiro atoms. The second-order valence-corrected chi connectivity index (χ2v) is 5.13. The molecular formula is C14H18ClN3. The number of nitrogens with zero attached hydrogens (tertiary/aromatic N) is 2. The van der Waals surface area contributed by atoms with Crippen LogP contribution in [0, 0.1) is 18.3 Å². The molecule has 0 amide bonds. The first-order chi connectivity index (χ1) is 8.72. The van der Waals surface area contributed by atoms with Gasteiger partial charge in [0.1, 0.15) is 0 Å². The second kappa shape index (κ2) is 6.08. The zero-order valence-corrected chi connectivity index (χ0v) is 11.4. The third-order valence-corrected chi connectivity index (χ3v) is 3.62. The van der Waals surface area contributed by atoms with Gasteiger partial charge in [-0.3, -0.25) is 0 Å². The van der Waals surface area contributed by atoms with E-state index >= 15 is 0 Å². The Hall–Kier alpha value is -1.24. The van der Waals surface area contributed by atoms with Crippen molar-refractivity contribution in [2.24, 2.45) is 0 Å². The molecule has 96 valence electrons. The van der Waals surface area contributed by atoms with Gasteiger partial charge in [0.25, 0.3) is 0 Å². The van der Waals surface area contributed by atoms with Crippen LogP contribution in [0.1, 0.15) is 18.4 Å². The quantitative estimate of drug-likeness (QED) is 0.892. The number of aryl methyl sites for hydroxylation is 1. The standard InChI is InChI=1S/C14H18ClN3/c1-11-3-4-12(15)9-14(11)18-8-2-7-17-10-13(18)5-6-16/h3-4,9,13,17H,2,5,7-8,10H2,1H3. The average Bonchev–Trinajstić information content (AvgIpc) is 2.58. The maximum Gasteiger partial charge on any atom is 0.0643 e. The average molecular weight is 264 g/mol. The molecule has 1 aliphatic rings. The fourth-order valence-electron chi connectivity index (χ4n) is 2.43. The van der Waals surface area contributed by atoms with E-state index in [1.807, 2.05) is 18.2 Å². The lowest BCUT2D eigenvalue weighted by molar-refractivity contribution is 0.596. The molecule has 0 aromatic heterocycles. The van der Waals surface area contributed by atoms with E-state index in [0.717, 1.165) is 36.8 Å². The number of nitrogens with one attached hydrogen (secondary N) is 1. The molecule has 1 aliphatic heterocycles. The van der Waals surface area contributed by atoms with Crippen LogP contribution in [0.4, 0.5) is 5.69 Å². The van der Waals surface area contributed by atoms with Crippen molar-refractivity contribution >= 4 is 17.3 Å². The van der Waals surface area contributed by atoms with Crippen LogP contribution >= 0.6 is 11.6 Å². The van der Waals surface area contributed by atoms with Crippen molar-refractivity contribution < 1.29 is 0 Å². The highest BCUT2D eigenvalue weighted by molar-refractivity contribution is 6.30. The Morgan fingerprint density at radius 3 is 3.17 bits per heavy atom. The first kappa shape index (κ1) is 13.2. The van der Waals surface area contributed by atoms with Crippen molar-refractivity contribution in [3.63, 3.8) is 0 Å². The van der Waals surface area contributed by atoms with Crippen LogP contribution in [-0.4, -0.2) is 25.7 Å². The summed E-state index contributed by atoms with van der Waals surface area (Å²) in [5.74, 6) is 0. The van der Waals surface area contributed by atoms with Crippen molar-refractivity contribution in [2.45, 2.75) is 25.8 Å². The van der Waals surface area contributed by atoms with Gasteiger partial charge in [-0.1, -0.05) is 17.7 Å². The molecular weight excluding hydrogens is 246 g/mol. The van der Waals surface area contributed by atoms with Gasteiger partial charge in [0.15, 0.2) is 0 Å². The lowest BCUT2D eigenvalue weighted by atomic mass is 10.1. The number of hydrogen-bond acceptors (Lipinski definition) is 3. The molecule has 1 N–H and O–H groups in total. The van der Waals surface area contributed by atoms with Crippen LogP contribution in [0.2, 0.25) is 5.02 Å². The first-order valence-corrected chi connectivity index (χ1v) is 6.70. The zero-order chi connectivity index (χ0) is 13.0. The van der Waals surface area contributed by atoms with Crippen LogP contribution < -0.4 is 10.2 Å². The van der Waals surface area contributed by atoms with Gasteiger partial charge in [-0.2, -0.15) is 5.26 Å². The summed E-state index contributed by atoms with van der Waals surface area (Å²) in [6.07, 6.45) is 1.63. The lowest BCUT2D eigenvalue weighted by Crippen LogP contribution is -2.40. The highest BCUT2D eigenvalue weighted by Crippen LogP contribution is 2.27. The number of anilines is 1. The predicted octanol–water partition coefficient (Wildman–Crippen LogP) is 2.73. The molecule has 0 saturated carbocycles. The second-order valence-electron chi connectivity index (χ2n) is 4.70. The Morgan fingerprint density at radius 1 is 1.56 bits per heavy atom. The molecule has 1 heterocycles. The van der Waals surface area contributed by atoms with E-state index in [1.54, 1.807) is 0 Å². The molecule has 1 atom stereocenters. The largest absolute Gasteiger partial charge is 0.366 e. The Kier molecular flexibility index (Phi) is 4.46. The Labute approximate surface area is 113 Å². The molecule has 1 aromatic rings. The predicted molar refractivity (Wildman–Crippen MR) is 75.0 cm³/mol. The third-order valence-electron chi connectivity index (χ3n) is 3.38. The number of hydrogen-bond donors (Lipinski definition) is 1. The van der Waals surface area contributed by atoms with Crippen molar-refractivity contribution in [1.82, 2.24) is 5.32 Å². The summed E-state index contributed by atoms with van der Waals surface area (Å²) < 4.78 is 0. The van der Waals surface area contributed by atoms with Gasteiger partial charge in [0, 0.05) is 23.8 Å². The summed E-state index contributed by atoms with van der Waals surface area (Å²) in [6, 6.07) is 8.48. The zero-order valence-electron chi connectivity index (χ0n) is 10.6. The first-order valence-electron chi connectivity index (χ1n) is 6.33. The topological polar surface area (TPSA) is 39.1 Å². The van der Waals surface area contributed by atoms with Gasteiger partial charge in [-0.15, -0.1) is 0 Å². The van der Waals surface area contributed by atoms with E-state index in [9.17, 15) is 0 Å². The lowest BCUT2D eigenvalue weighted by Gasteiger charge is -2.31. The minimum atomic E-state index is 0.231. The van der Waals surface area contributed by atoms with Crippen LogP contribution in [0.5, 0.6) is 0 Å². The molecule has 3 nitrogen and oxygen atoms in total. The van der Waals surface area contributed by atoms with Crippen molar-refractivity contribution in [3.05, 3.63) is 28.8 Å². The molecule has 4 heteroatoms. The van der Waals surface area contributed by atoms with Crippen LogP contribution in [0.3, 0.4) is 0 Å². The van der Waals surface area contributed by atoms with E-state index in [2.05, 4.69) is 23.2 Å². The van der Waals surface area contributed by atoms with E-state index < -0.39 is 0 Å².